The summed E-state index contributed by atoms with van der Waals surface area (Å²) in [5.74, 6) is -0.980. The monoisotopic (exact) mass is 370 g/mol. The predicted octanol–water partition coefficient (Wildman–Crippen LogP) is 3.19. The zero-order valence-corrected chi connectivity index (χ0v) is 14.7. The highest BCUT2D eigenvalue weighted by Gasteiger charge is 2.22. The molecule has 0 heterocycles. The maximum Gasteiger partial charge on any atom is 0.245 e. The summed E-state index contributed by atoms with van der Waals surface area (Å²) in [5, 5.41) is 2.89. The first kappa shape index (κ1) is 18.2. The van der Waals surface area contributed by atoms with Crippen molar-refractivity contribution < 1.29 is 17.6 Å². The van der Waals surface area contributed by atoms with Crippen LogP contribution in [-0.2, 0) is 14.8 Å². The lowest BCUT2D eigenvalue weighted by atomic mass is 10.2. The molecule has 0 atom stereocenters. The van der Waals surface area contributed by atoms with Gasteiger partial charge >= 0.3 is 0 Å². The number of benzene rings is 2. The third kappa shape index (κ3) is 4.69. The van der Waals surface area contributed by atoms with E-state index in [1.165, 1.54) is 30.3 Å². The lowest BCUT2D eigenvalue weighted by molar-refractivity contribution is -0.114. The van der Waals surface area contributed by atoms with Gasteiger partial charge < -0.3 is 5.32 Å². The minimum Gasteiger partial charge on any atom is -0.325 e. The quantitative estimate of drug-likeness (QED) is 0.878. The number of amides is 1. The Kier molecular flexibility index (Phi) is 5.46. The van der Waals surface area contributed by atoms with Crippen LogP contribution in [0, 0.1) is 12.7 Å². The van der Waals surface area contributed by atoms with Gasteiger partial charge in [-0.05, 0) is 48.9 Å². The Hall–Kier alpha value is -2.12. The maximum atomic E-state index is 12.9. The average molecular weight is 371 g/mol. The van der Waals surface area contributed by atoms with Crippen molar-refractivity contribution in [2.75, 3.05) is 22.4 Å². The van der Waals surface area contributed by atoms with Crippen LogP contribution in [0.4, 0.5) is 15.8 Å². The van der Waals surface area contributed by atoms with Crippen LogP contribution in [0.2, 0.25) is 5.02 Å². The Balaban J connectivity index is 2.25. The number of aryl methyl sites for hydroxylation is 1. The number of nitrogens with one attached hydrogen (secondary N) is 1. The van der Waals surface area contributed by atoms with E-state index in [1.807, 2.05) is 0 Å². The summed E-state index contributed by atoms with van der Waals surface area (Å²) in [6.45, 7) is 1.30. The second kappa shape index (κ2) is 7.19. The molecule has 2 aromatic carbocycles. The van der Waals surface area contributed by atoms with Crippen molar-refractivity contribution in [1.82, 2.24) is 0 Å². The van der Waals surface area contributed by atoms with Gasteiger partial charge in [-0.3, -0.25) is 9.10 Å². The number of rotatable bonds is 5. The molecule has 0 saturated carbocycles. The number of halogens is 2. The van der Waals surface area contributed by atoms with Gasteiger partial charge in [0.25, 0.3) is 0 Å². The normalized spacial score (nSPS) is 11.2. The molecule has 24 heavy (non-hydrogen) atoms. The van der Waals surface area contributed by atoms with Crippen molar-refractivity contribution in [3.8, 4) is 0 Å². The van der Waals surface area contributed by atoms with Gasteiger partial charge in [-0.15, -0.1) is 0 Å². The Morgan fingerprint density at radius 3 is 2.42 bits per heavy atom. The first-order valence-corrected chi connectivity index (χ1v) is 9.19. The van der Waals surface area contributed by atoms with E-state index in [0.29, 0.717) is 22.0 Å². The topological polar surface area (TPSA) is 66.5 Å². The van der Waals surface area contributed by atoms with Gasteiger partial charge in [-0.1, -0.05) is 17.7 Å². The van der Waals surface area contributed by atoms with Gasteiger partial charge in [0.2, 0.25) is 15.9 Å². The van der Waals surface area contributed by atoms with E-state index in [-0.39, 0.29) is 0 Å². The Morgan fingerprint density at radius 1 is 1.21 bits per heavy atom. The first-order chi connectivity index (χ1) is 11.2. The molecule has 2 rings (SSSR count). The number of hydrogen-bond donors (Lipinski definition) is 1. The van der Waals surface area contributed by atoms with E-state index < -0.39 is 28.3 Å². The fourth-order valence-corrected chi connectivity index (χ4v) is 3.17. The SMILES string of the molecule is Cc1ccc(Cl)cc1N(CC(=O)Nc1ccc(F)cc1)S(C)(=O)=O. The number of sulfonamides is 1. The highest BCUT2D eigenvalue weighted by molar-refractivity contribution is 7.92. The van der Waals surface area contributed by atoms with Crippen molar-refractivity contribution in [3.05, 3.63) is 58.9 Å². The van der Waals surface area contributed by atoms with Crippen LogP contribution in [0.1, 0.15) is 5.56 Å². The van der Waals surface area contributed by atoms with Crippen LogP contribution in [0.5, 0.6) is 0 Å². The van der Waals surface area contributed by atoms with Crippen LogP contribution in [0.15, 0.2) is 42.5 Å². The number of hydrogen-bond acceptors (Lipinski definition) is 3. The summed E-state index contributed by atoms with van der Waals surface area (Å²) in [6, 6.07) is 9.98. The molecular formula is C16H16ClFN2O3S. The van der Waals surface area contributed by atoms with Crippen LogP contribution in [0.3, 0.4) is 0 Å². The Labute approximate surface area is 145 Å². The summed E-state index contributed by atoms with van der Waals surface area (Å²) in [5.41, 5.74) is 1.37. The second-order valence-corrected chi connectivity index (χ2v) is 7.60. The maximum absolute atomic E-state index is 12.9. The molecule has 0 bridgehead atoms. The largest absolute Gasteiger partial charge is 0.325 e. The third-order valence-corrected chi connectivity index (χ3v) is 4.62. The number of carbonyl (C=O) groups excluding carboxylic acids is 1. The summed E-state index contributed by atoms with van der Waals surface area (Å²) >= 11 is 5.93. The van der Waals surface area contributed by atoms with Crippen molar-refractivity contribution >= 4 is 38.9 Å². The molecule has 0 aromatic heterocycles. The minimum atomic E-state index is -3.70. The molecule has 128 valence electrons. The smallest absolute Gasteiger partial charge is 0.245 e. The molecule has 0 aliphatic heterocycles. The number of anilines is 2. The highest BCUT2D eigenvalue weighted by atomic mass is 35.5. The summed E-state index contributed by atoms with van der Waals surface area (Å²) < 4.78 is 38.0. The van der Waals surface area contributed by atoms with Gasteiger partial charge in [0.05, 0.1) is 11.9 Å². The average Bonchev–Trinajstić information content (AvgIpc) is 2.49. The van der Waals surface area contributed by atoms with Crippen molar-refractivity contribution in [2.24, 2.45) is 0 Å². The summed E-state index contributed by atoms with van der Waals surface area (Å²) in [4.78, 5) is 12.2. The molecular weight excluding hydrogens is 355 g/mol. The Bertz CT molecular complexity index is 854. The molecule has 0 saturated heterocycles. The molecule has 0 fully saturated rings. The van der Waals surface area contributed by atoms with Gasteiger partial charge in [0, 0.05) is 10.7 Å². The van der Waals surface area contributed by atoms with Crippen molar-refractivity contribution in [1.29, 1.82) is 0 Å². The molecule has 1 amide bonds. The van der Waals surface area contributed by atoms with Gasteiger partial charge in [-0.2, -0.15) is 0 Å². The molecule has 0 radical (unpaired) electrons. The van der Waals surface area contributed by atoms with E-state index >= 15 is 0 Å². The van der Waals surface area contributed by atoms with Crippen LogP contribution < -0.4 is 9.62 Å². The number of carbonyl (C=O) groups is 1. The fourth-order valence-electron chi connectivity index (χ4n) is 2.10. The highest BCUT2D eigenvalue weighted by Crippen LogP contribution is 2.26. The van der Waals surface area contributed by atoms with E-state index in [1.54, 1.807) is 19.1 Å². The van der Waals surface area contributed by atoms with Crippen LogP contribution in [0.25, 0.3) is 0 Å². The van der Waals surface area contributed by atoms with E-state index in [0.717, 1.165) is 10.6 Å². The first-order valence-electron chi connectivity index (χ1n) is 6.96. The lowest BCUT2D eigenvalue weighted by Gasteiger charge is -2.23. The number of nitrogens with zero attached hydrogens (tertiary/aromatic N) is 1. The standard InChI is InChI=1S/C16H16ClFN2O3S/c1-11-3-4-12(17)9-15(11)20(24(2,22)23)10-16(21)19-14-7-5-13(18)6-8-14/h3-9H,10H2,1-2H3,(H,19,21). The summed E-state index contributed by atoms with van der Waals surface area (Å²) in [6.07, 6.45) is 1.01. The predicted molar refractivity (Wildman–Crippen MR) is 93.4 cm³/mol. The molecule has 5 nitrogen and oxygen atoms in total. The molecule has 0 unspecified atom stereocenters. The molecule has 0 spiro atoms. The second-order valence-electron chi connectivity index (χ2n) is 5.26. The van der Waals surface area contributed by atoms with E-state index in [9.17, 15) is 17.6 Å². The van der Waals surface area contributed by atoms with Crippen molar-refractivity contribution in [2.45, 2.75) is 6.92 Å². The van der Waals surface area contributed by atoms with Gasteiger partial charge in [0.15, 0.2) is 0 Å². The molecule has 0 aliphatic rings. The molecule has 2 aromatic rings. The molecule has 8 heteroatoms. The molecule has 1 N–H and O–H groups in total. The Morgan fingerprint density at radius 2 is 1.83 bits per heavy atom. The molecule has 0 aliphatic carbocycles. The third-order valence-electron chi connectivity index (χ3n) is 3.26. The van der Waals surface area contributed by atoms with Crippen LogP contribution in [-0.4, -0.2) is 27.1 Å². The van der Waals surface area contributed by atoms with Gasteiger partial charge in [0.1, 0.15) is 12.4 Å². The van der Waals surface area contributed by atoms with Gasteiger partial charge in [-0.25, -0.2) is 12.8 Å². The van der Waals surface area contributed by atoms with Crippen molar-refractivity contribution in [3.63, 3.8) is 0 Å². The fraction of sp³-hybridized carbons (Fsp3) is 0.188. The summed E-state index contributed by atoms with van der Waals surface area (Å²) in [7, 11) is -3.70. The zero-order chi connectivity index (χ0) is 17.9. The van der Waals surface area contributed by atoms with Crippen LogP contribution >= 0.6 is 11.6 Å². The van der Waals surface area contributed by atoms with E-state index in [4.69, 9.17) is 11.6 Å². The zero-order valence-electron chi connectivity index (χ0n) is 13.1. The van der Waals surface area contributed by atoms with E-state index in [2.05, 4.69) is 5.32 Å². The lowest BCUT2D eigenvalue weighted by Crippen LogP contribution is -2.37. The minimum absolute atomic E-state index is 0.333.